The predicted octanol–water partition coefficient (Wildman–Crippen LogP) is 4.43. The molecule has 0 bridgehead atoms. The van der Waals surface area contributed by atoms with Crippen molar-refractivity contribution in [3.63, 3.8) is 0 Å². The van der Waals surface area contributed by atoms with Gasteiger partial charge in [-0.05, 0) is 25.5 Å². The Balaban J connectivity index is 2.50. The maximum atomic E-state index is 6.16. The zero-order valence-electron chi connectivity index (χ0n) is 9.67. The van der Waals surface area contributed by atoms with E-state index in [0.29, 0.717) is 11.0 Å². The molecule has 0 unspecified atom stereocenters. The first-order valence-electron chi connectivity index (χ1n) is 5.40. The maximum Gasteiger partial charge on any atom is 0.161 e. The van der Waals surface area contributed by atoms with Crippen molar-refractivity contribution in [1.29, 1.82) is 0 Å². The van der Waals surface area contributed by atoms with Crippen molar-refractivity contribution in [1.82, 2.24) is 9.97 Å². The minimum absolute atomic E-state index is 0.554. The third kappa shape index (κ3) is 2.67. The van der Waals surface area contributed by atoms with Gasteiger partial charge in [0.15, 0.2) is 5.82 Å². The Kier molecular flexibility index (Phi) is 3.79. The molecule has 0 aliphatic heterocycles. The molecule has 1 aromatic heterocycles. The highest BCUT2D eigenvalue weighted by atomic mass is 79.9. The zero-order valence-corrected chi connectivity index (χ0v) is 12.0. The van der Waals surface area contributed by atoms with Crippen LogP contribution in [0.5, 0.6) is 0 Å². The summed E-state index contributed by atoms with van der Waals surface area (Å²) in [4.78, 5) is 8.84. The van der Waals surface area contributed by atoms with E-state index >= 15 is 0 Å². The summed E-state index contributed by atoms with van der Waals surface area (Å²) in [6, 6.07) is 7.88. The highest BCUT2D eigenvalue weighted by molar-refractivity contribution is 9.10. The van der Waals surface area contributed by atoms with E-state index in [-0.39, 0.29) is 0 Å². The number of rotatable bonds is 2. The molecule has 0 N–H and O–H groups in total. The number of aryl methyl sites for hydroxylation is 1. The molecule has 2 rings (SSSR count). The van der Waals surface area contributed by atoms with Gasteiger partial charge in [-0.2, -0.15) is 0 Å². The number of hydrogen-bond donors (Lipinski definition) is 0. The van der Waals surface area contributed by atoms with Crippen molar-refractivity contribution in [2.75, 3.05) is 0 Å². The summed E-state index contributed by atoms with van der Waals surface area (Å²) < 4.78 is 1.04. The summed E-state index contributed by atoms with van der Waals surface area (Å²) >= 11 is 9.56. The number of hydrogen-bond acceptors (Lipinski definition) is 2. The lowest BCUT2D eigenvalue weighted by molar-refractivity contribution is 1.00. The molecular formula is C13H12BrClN2. The van der Waals surface area contributed by atoms with Crippen LogP contribution in [0.2, 0.25) is 5.15 Å². The number of nitrogens with zero attached hydrogens (tertiary/aromatic N) is 2. The molecular weight excluding hydrogens is 300 g/mol. The van der Waals surface area contributed by atoms with E-state index in [1.807, 2.05) is 31.2 Å². The van der Waals surface area contributed by atoms with Gasteiger partial charge in [0.25, 0.3) is 0 Å². The van der Waals surface area contributed by atoms with Gasteiger partial charge in [0.1, 0.15) is 5.15 Å². The fourth-order valence-corrected chi connectivity index (χ4v) is 2.31. The Hall–Kier alpha value is -0.930. The fourth-order valence-electron chi connectivity index (χ4n) is 1.69. The first-order valence-corrected chi connectivity index (χ1v) is 6.58. The van der Waals surface area contributed by atoms with Crippen molar-refractivity contribution >= 4 is 27.5 Å². The molecule has 2 aromatic rings. The second kappa shape index (κ2) is 5.15. The van der Waals surface area contributed by atoms with Gasteiger partial charge in [0, 0.05) is 21.3 Å². The second-order valence-corrected chi connectivity index (χ2v) is 5.04. The number of benzene rings is 1. The Morgan fingerprint density at radius 1 is 1.18 bits per heavy atom. The van der Waals surface area contributed by atoms with Gasteiger partial charge in [-0.3, -0.25) is 0 Å². The first kappa shape index (κ1) is 12.5. The Morgan fingerprint density at radius 3 is 2.35 bits per heavy atom. The lowest BCUT2D eigenvalue weighted by Crippen LogP contribution is -1.99. The average Bonchev–Trinajstić information content (AvgIpc) is 2.29. The molecule has 17 heavy (non-hydrogen) atoms. The van der Waals surface area contributed by atoms with Gasteiger partial charge in [0.05, 0.1) is 0 Å². The molecule has 0 atom stereocenters. The standard InChI is InChI=1S/C13H12BrClN2/c1-3-11-8(2)16-13(17-12(11)15)9-4-6-10(14)7-5-9/h4-7H,3H2,1-2H3. The molecule has 1 aromatic carbocycles. The fraction of sp³-hybridized carbons (Fsp3) is 0.231. The van der Waals surface area contributed by atoms with Gasteiger partial charge in [-0.15, -0.1) is 0 Å². The Labute approximate surface area is 114 Å². The lowest BCUT2D eigenvalue weighted by Gasteiger charge is -2.07. The molecule has 0 aliphatic carbocycles. The van der Waals surface area contributed by atoms with Crippen molar-refractivity contribution in [3.8, 4) is 11.4 Å². The van der Waals surface area contributed by atoms with Crippen molar-refractivity contribution < 1.29 is 0 Å². The van der Waals surface area contributed by atoms with Crippen molar-refractivity contribution in [2.45, 2.75) is 20.3 Å². The third-order valence-corrected chi connectivity index (χ3v) is 3.46. The smallest absolute Gasteiger partial charge is 0.161 e. The van der Waals surface area contributed by atoms with Crippen LogP contribution in [-0.2, 0) is 6.42 Å². The van der Waals surface area contributed by atoms with Crippen LogP contribution >= 0.6 is 27.5 Å². The molecule has 0 fully saturated rings. The minimum Gasteiger partial charge on any atom is -0.233 e. The topological polar surface area (TPSA) is 25.8 Å². The summed E-state index contributed by atoms with van der Waals surface area (Å²) in [5.41, 5.74) is 2.94. The zero-order chi connectivity index (χ0) is 12.4. The normalized spacial score (nSPS) is 10.6. The van der Waals surface area contributed by atoms with Crippen LogP contribution < -0.4 is 0 Å². The molecule has 0 saturated carbocycles. The Bertz CT molecular complexity index is 515. The quantitative estimate of drug-likeness (QED) is 0.767. The van der Waals surface area contributed by atoms with E-state index < -0.39 is 0 Å². The number of halogens is 2. The Morgan fingerprint density at radius 2 is 1.82 bits per heavy atom. The van der Waals surface area contributed by atoms with Crippen LogP contribution in [0.4, 0.5) is 0 Å². The van der Waals surface area contributed by atoms with E-state index in [4.69, 9.17) is 11.6 Å². The van der Waals surface area contributed by atoms with Crippen LogP contribution in [0, 0.1) is 6.92 Å². The van der Waals surface area contributed by atoms with E-state index in [2.05, 4.69) is 32.8 Å². The van der Waals surface area contributed by atoms with Crippen molar-refractivity contribution in [3.05, 3.63) is 45.1 Å². The van der Waals surface area contributed by atoms with Crippen LogP contribution in [0.25, 0.3) is 11.4 Å². The van der Waals surface area contributed by atoms with Crippen molar-refractivity contribution in [2.24, 2.45) is 0 Å². The summed E-state index contributed by atoms with van der Waals surface area (Å²) in [5, 5.41) is 0.554. The van der Waals surface area contributed by atoms with E-state index in [9.17, 15) is 0 Å². The van der Waals surface area contributed by atoms with Crippen LogP contribution in [0.3, 0.4) is 0 Å². The summed E-state index contributed by atoms with van der Waals surface area (Å²) in [5.74, 6) is 0.678. The van der Waals surface area contributed by atoms with E-state index in [0.717, 1.165) is 27.7 Å². The molecule has 0 saturated heterocycles. The highest BCUT2D eigenvalue weighted by Crippen LogP contribution is 2.23. The van der Waals surface area contributed by atoms with E-state index in [1.165, 1.54) is 0 Å². The SMILES string of the molecule is CCc1c(C)nc(-c2ccc(Br)cc2)nc1Cl. The molecule has 0 aliphatic rings. The summed E-state index contributed by atoms with van der Waals surface area (Å²) in [6.07, 6.45) is 0.852. The van der Waals surface area contributed by atoms with Crippen LogP contribution in [0.15, 0.2) is 28.7 Å². The monoisotopic (exact) mass is 310 g/mol. The second-order valence-electron chi connectivity index (χ2n) is 3.76. The largest absolute Gasteiger partial charge is 0.233 e. The number of aromatic nitrogens is 2. The predicted molar refractivity (Wildman–Crippen MR) is 74.3 cm³/mol. The van der Waals surface area contributed by atoms with Crippen LogP contribution in [-0.4, -0.2) is 9.97 Å². The molecule has 0 amide bonds. The molecule has 0 spiro atoms. The van der Waals surface area contributed by atoms with Gasteiger partial charge in [-0.25, -0.2) is 9.97 Å². The maximum absolute atomic E-state index is 6.16. The van der Waals surface area contributed by atoms with Gasteiger partial charge < -0.3 is 0 Å². The molecule has 88 valence electrons. The molecule has 2 nitrogen and oxygen atoms in total. The van der Waals surface area contributed by atoms with Gasteiger partial charge >= 0.3 is 0 Å². The molecule has 1 heterocycles. The minimum atomic E-state index is 0.554. The van der Waals surface area contributed by atoms with Crippen LogP contribution in [0.1, 0.15) is 18.2 Å². The molecule has 4 heteroatoms. The third-order valence-electron chi connectivity index (χ3n) is 2.62. The summed E-state index contributed by atoms with van der Waals surface area (Å²) in [7, 11) is 0. The summed E-state index contributed by atoms with van der Waals surface area (Å²) in [6.45, 7) is 4.02. The molecule has 0 radical (unpaired) electrons. The average molecular weight is 312 g/mol. The highest BCUT2D eigenvalue weighted by Gasteiger charge is 2.09. The van der Waals surface area contributed by atoms with Gasteiger partial charge in [0.2, 0.25) is 0 Å². The van der Waals surface area contributed by atoms with Gasteiger partial charge in [-0.1, -0.05) is 46.6 Å². The first-order chi connectivity index (χ1) is 8.11. The lowest BCUT2D eigenvalue weighted by atomic mass is 10.1. The van der Waals surface area contributed by atoms with E-state index in [1.54, 1.807) is 0 Å².